The number of hydrogen-bond acceptors (Lipinski definition) is 2. The zero-order valence-electron chi connectivity index (χ0n) is 19.7. The molecule has 0 spiro atoms. The lowest BCUT2D eigenvalue weighted by atomic mass is 9.94. The van der Waals surface area contributed by atoms with Crippen LogP contribution in [0.25, 0.3) is 0 Å². The number of benzene rings is 1. The Morgan fingerprint density at radius 2 is 1.30 bits per heavy atom. The van der Waals surface area contributed by atoms with E-state index in [9.17, 15) is 0 Å². The molecular formula is C28H43NO. The monoisotopic (exact) mass is 409 g/mol. The summed E-state index contributed by atoms with van der Waals surface area (Å²) in [5.41, 5.74) is 3.82. The van der Waals surface area contributed by atoms with Crippen LogP contribution in [0.2, 0.25) is 0 Å². The number of aromatic nitrogens is 1. The van der Waals surface area contributed by atoms with E-state index in [1.165, 1.54) is 81.0 Å². The van der Waals surface area contributed by atoms with Crippen molar-refractivity contribution in [3.05, 3.63) is 59.4 Å². The number of aryl methyl sites for hydroxylation is 1. The number of nitrogens with zero attached hydrogens (tertiary/aromatic N) is 1. The van der Waals surface area contributed by atoms with Crippen molar-refractivity contribution in [2.45, 2.75) is 104 Å². The second-order valence-electron chi connectivity index (χ2n) is 8.65. The molecule has 1 aromatic heterocycles. The van der Waals surface area contributed by atoms with Gasteiger partial charge in [-0.1, -0.05) is 96.8 Å². The topological polar surface area (TPSA) is 22.1 Å². The molecule has 0 saturated heterocycles. The van der Waals surface area contributed by atoms with Gasteiger partial charge in [0.05, 0.1) is 6.61 Å². The van der Waals surface area contributed by atoms with E-state index in [2.05, 4.69) is 63.4 Å². The van der Waals surface area contributed by atoms with E-state index in [4.69, 9.17) is 9.72 Å². The average Bonchev–Trinajstić information content (AvgIpc) is 2.79. The summed E-state index contributed by atoms with van der Waals surface area (Å²) in [5.74, 6) is 1.33. The predicted molar refractivity (Wildman–Crippen MR) is 130 cm³/mol. The number of rotatable bonds is 16. The zero-order valence-corrected chi connectivity index (χ0v) is 19.7. The highest BCUT2D eigenvalue weighted by atomic mass is 16.5. The summed E-state index contributed by atoms with van der Waals surface area (Å²) in [6, 6.07) is 13.1. The minimum absolute atomic E-state index is 0.351. The molecule has 0 aliphatic heterocycles. The first-order valence-corrected chi connectivity index (χ1v) is 12.4. The van der Waals surface area contributed by atoms with E-state index in [0.29, 0.717) is 5.92 Å². The van der Waals surface area contributed by atoms with Crippen molar-refractivity contribution in [2.24, 2.45) is 0 Å². The molecule has 0 fully saturated rings. The first-order chi connectivity index (χ1) is 14.7. The normalized spacial score (nSPS) is 12.1. The molecule has 2 aromatic rings. The Kier molecular flexibility index (Phi) is 12.3. The van der Waals surface area contributed by atoms with Crippen molar-refractivity contribution in [1.82, 2.24) is 4.98 Å². The molecule has 1 heterocycles. The molecule has 30 heavy (non-hydrogen) atoms. The summed E-state index contributed by atoms with van der Waals surface area (Å²) in [7, 11) is 0. The van der Waals surface area contributed by atoms with Gasteiger partial charge in [0.1, 0.15) is 5.75 Å². The van der Waals surface area contributed by atoms with Crippen LogP contribution in [0.5, 0.6) is 5.75 Å². The van der Waals surface area contributed by atoms with Crippen molar-refractivity contribution < 1.29 is 4.74 Å². The molecular weight excluding hydrogens is 366 g/mol. The second-order valence-corrected chi connectivity index (χ2v) is 8.65. The van der Waals surface area contributed by atoms with Crippen LogP contribution in [0, 0.1) is 0 Å². The molecule has 2 heteroatoms. The summed E-state index contributed by atoms with van der Waals surface area (Å²) in [5, 5.41) is 0. The summed E-state index contributed by atoms with van der Waals surface area (Å²) in [4.78, 5) is 4.71. The van der Waals surface area contributed by atoms with Crippen molar-refractivity contribution in [3.63, 3.8) is 0 Å². The van der Waals surface area contributed by atoms with Gasteiger partial charge in [0.25, 0.3) is 0 Å². The lowest BCUT2D eigenvalue weighted by Crippen LogP contribution is -2.00. The SMILES string of the molecule is CCCCCCCCOc1ccc(C(C)c2ccc(CCCCCCC)nc2)cc1. The molecule has 0 saturated carbocycles. The molecule has 0 aliphatic carbocycles. The summed E-state index contributed by atoms with van der Waals surface area (Å²) >= 11 is 0. The fraction of sp³-hybridized carbons (Fsp3) is 0.607. The van der Waals surface area contributed by atoms with Crippen molar-refractivity contribution in [3.8, 4) is 5.75 Å². The van der Waals surface area contributed by atoms with Gasteiger partial charge in [0.2, 0.25) is 0 Å². The van der Waals surface area contributed by atoms with Crippen LogP contribution in [-0.4, -0.2) is 11.6 Å². The fourth-order valence-corrected chi connectivity index (χ4v) is 3.87. The summed E-state index contributed by atoms with van der Waals surface area (Å²) in [6.45, 7) is 7.60. The van der Waals surface area contributed by atoms with Crippen LogP contribution in [0.4, 0.5) is 0 Å². The fourth-order valence-electron chi connectivity index (χ4n) is 3.87. The standard InChI is InChI=1S/C28H43NO/c1-4-6-8-10-12-14-22-30-28-20-17-25(18-21-28)24(3)26-16-19-27(29-23-26)15-13-11-9-7-5-2/h16-21,23-24H,4-15,22H2,1-3H3. The van der Waals surface area contributed by atoms with Gasteiger partial charge in [0.15, 0.2) is 0 Å². The maximum atomic E-state index is 5.92. The minimum Gasteiger partial charge on any atom is -0.494 e. The Bertz CT molecular complexity index is 662. The number of hydrogen-bond donors (Lipinski definition) is 0. The lowest BCUT2D eigenvalue weighted by molar-refractivity contribution is 0.304. The third-order valence-corrected chi connectivity index (χ3v) is 6.03. The third-order valence-electron chi connectivity index (χ3n) is 6.03. The molecule has 1 unspecified atom stereocenters. The number of unbranched alkanes of at least 4 members (excludes halogenated alkanes) is 9. The Labute approximate surface area is 185 Å². The molecule has 0 aliphatic rings. The molecule has 0 amide bonds. The largest absolute Gasteiger partial charge is 0.494 e. The molecule has 0 radical (unpaired) electrons. The van der Waals surface area contributed by atoms with Crippen LogP contribution in [0.15, 0.2) is 42.6 Å². The molecule has 1 atom stereocenters. The first kappa shape index (κ1) is 24.4. The van der Waals surface area contributed by atoms with E-state index >= 15 is 0 Å². The van der Waals surface area contributed by atoms with E-state index in [1.54, 1.807) is 0 Å². The van der Waals surface area contributed by atoms with Crippen LogP contribution < -0.4 is 4.74 Å². The predicted octanol–water partition coefficient (Wildman–Crippen LogP) is 8.49. The molecule has 0 bridgehead atoms. The van der Waals surface area contributed by atoms with Gasteiger partial charge in [-0.3, -0.25) is 4.98 Å². The minimum atomic E-state index is 0.351. The Morgan fingerprint density at radius 1 is 0.700 bits per heavy atom. The third kappa shape index (κ3) is 9.32. The van der Waals surface area contributed by atoms with Gasteiger partial charge in [-0.15, -0.1) is 0 Å². The highest BCUT2D eigenvalue weighted by Crippen LogP contribution is 2.26. The smallest absolute Gasteiger partial charge is 0.119 e. The number of ether oxygens (including phenoxy) is 1. The van der Waals surface area contributed by atoms with Crippen LogP contribution in [0.1, 0.15) is 114 Å². The van der Waals surface area contributed by atoms with E-state index < -0.39 is 0 Å². The zero-order chi connectivity index (χ0) is 21.4. The van der Waals surface area contributed by atoms with Crippen molar-refractivity contribution >= 4 is 0 Å². The summed E-state index contributed by atoms with van der Waals surface area (Å²) in [6.07, 6.45) is 17.5. The maximum absolute atomic E-state index is 5.92. The van der Waals surface area contributed by atoms with Crippen molar-refractivity contribution in [2.75, 3.05) is 6.61 Å². The van der Waals surface area contributed by atoms with Crippen molar-refractivity contribution in [1.29, 1.82) is 0 Å². The van der Waals surface area contributed by atoms with Gasteiger partial charge in [-0.2, -0.15) is 0 Å². The highest BCUT2D eigenvalue weighted by molar-refractivity contribution is 5.34. The molecule has 1 aromatic carbocycles. The van der Waals surface area contributed by atoms with E-state index in [1.807, 2.05) is 0 Å². The van der Waals surface area contributed by atoms with E-state index in [-0.39, 0.29) is 0 Å². The lowest BCUT2D eigenvalue weighted by Gasteiger charge is -2.14. The Balaban J connectivity index is 1.73. The molecule has 166 valence electrons. The van der Waals surface area contributed by atoms with Gasteiger partial charge >= 0.3 is 0 Å². The van der Waals surface area contributed by atoms with Gasteiger partial charge < -0.3 is 4.74 Å². The quantitative estimate of drug-likeness (QED) is 0.259. The first-order valence-electron chi connectivity index (χ1n) is 12.4. The van der Waals surface area contributed by atoms with Crippen LogP contribution >= 0.6 is 0 Å². The maximum Gasteiger partial charge on any atom is 0.119 e. The highest BCUT2D eigenvalue weighted by Gasteiger charge is 2.09. The molecule has 0 N–H and O–H groups in total. The van der Waals surface area contributed by atoms with Crippen LogP contribution in [0.3, 0.4) is 0 Å². The van der Waals surface area contributed by atoms with Gasteiger partial charge in [0, 0.05) is 17.8 Å². The Hall–Kier alpha value is -1.83. The summed E-state index contributed by atoms with van der Waals surface area (Å²) < 4.78 is 5.92. The Morgan fingerprint density at radius 3 is 1.93 bits per heavy atom. The van der Waals surface area contributed by atoms with Crippen LogP contribution in [-0.2, 0) is 6.42 Å². The van der Waals surface area contributed by atoms with E-state index in [0.717, 1.165) is 25.2 Å². The molecule has 2 nitrogen and oxygen atoms in total. The average molecular weight is 410 g/mol. The van der Waals surface area contributed by atoms with Gasteiger partial charge in [-0.25, -0.2) is 0 Å². The van der Waals surface area contributed by atoms with Gasteiger partial charge in [-0.05, 0) is 48.6 Å². The second kappa shape index (κ2) is 15.0. The molecule has 2 rings (SSSR count). The number of pyridine rings is 1.